The summed E-state index contributed by atoms with van der Waals surface area (Å²) in [6.45, 7) is 3.41. The summed E-state index contributed by atoms with van der Waals surface area (Å²) < 4.78 is 5.33. The number of thiazole rings is 1. The number of aliphatic hydroxyl groups is 1. The maximum atomic E-state index is 9.87. The summed E-state index contributed by atoms with van der Waals surface area (Å²) >= 11 is 1.74. The second-order valence-corrected chi connectivity index (χ2v) is 5.37. The highest BCUT2D eigenvalue weighted by atomic mass is 32.1. The number of nitrogens with zero attached hydrogens (tertiary/aromatic N) is 2. The third-order valence-electron chi connectivity index (χ3n) is 3.19. The van der Waals surface area contributed by atoms with Crippen LogP contribution in [0.4, 0.5) is 5.13 Å². The van der Waals surface area contributed by atoms with Gasteiger partial charge in [-0.2, -0.15) is 0 Å². The monoisotopic (exact) mass is 240 g/mol. The van der Waals surface area contributed by atoms with Crippen molar-refractivity contribution in [2.24, 2.45) is 0 Å². The number of ether oxygens (including phenoxy) is 1. The van der Waals surface area contributed by atoms with Gasteiger partial charge in [-0.15, -0.1) is 11.3 Å². The fourth-order valence-electron chi connectivity index (χ4n) is 2.27. The number of aromatic nitrogens is 1. The van der Waals surface area contributed by atoms with Gasteiger partial charge >= 0.3 is 0 Å². The summed E-state index contributed by atoms with van der Waals surface area (Å²) in [6, 6.07) is 0. The van der Waals surface area contributed by atoms with E-state index in [9.17, 15) is 5.11 Å². The molecule has 0 radical (unpaired) electrons. The van der Waals surface area contributed by atoms with Crippen molar-refractivity contribution in [2.45, 2.75) is 25.4 Å². The normalized spacial score (nSPS) is 25.6. The van der Waals surface area contributed by atoms with E-state index in [0.717, 1.165) is 56.4 Å². The van der Waals surface area contributed by atoms with Crippen molar-refractivity contribution in [3.05, 3.63) is 10.6 Å². The van der Waals surface area contributed by atoms with Crippen LogP contribution in [-0.4, -0.2) is 36.4 Å². The number of aryl methyl sites for hydroxylation is 1. The van der Waals surface area contributed by atoms with Crippen LogP contribution in [0.2, 0.25) is 0 Å². The first-order chi connectivity index (χ1) is 7.84. The van der Waals surface area contributed by atoms with Crippen LogP contribution in [0.5, 0.6) is 0 Å². The molecule has 0 spiro atoms. The average molecular weight is 240 g/mol. The van der Waals surface area contributed by atoms with Crippen LogP contribution < -0.4 is 4.90 Å². The smallest absolute Gasteiger partial charge is 0.186 e. The molecule has 88 valence electrons. The van der Waals surface area contributed by atoms with Gasteiger partial charge in [0, 0.05) is 18.0 Å². The van der Waals surface area contributed by atoms with Crippen molar-refractivity contribution in [2.75, 3.05) is 31.2 Å². The summed E-state index contributed by atoms with van der Waals surface area (Å²) in [5.74, 6) is 0. The summed E-state index contributed by atoms with van der Waals surface area (Å²) in [4.78, 5) is 8.14. The van der Waals surface area contributed by atoms with Gasteiger partial charge in [-0.1, -0.05) is 0 Å². The Balaban J connectivity index is 1.85. The third-order valence-corrected chi connectivity index (χ3v) is 4.39. The minimum atomic E-state index is -0.338. The minimum Gasteiger partial charge on any atom is -0.387 e. The van der Waals surface area contributed by atoms with Crippen LogP contribution in [0.3, 0.4) is 0 Å². The maximum absolute atomic E-state index is 9.87. The molecule has 5 heteroatoms. The molecule has 2 heterocycles. The number of fused-ring (bicyclic) bond motifs is 1. The van der Waals surface area contributed by atoms with Crippen molar-refractivity contribution < 1.29 is 9.84 Å². The Labute approximate surface area is 98.9 Å². The van der Waals surface area contributed by atoms with Crippen molar-refractivity contribution >= 4 is 16.5 Å². The lowest BCUT2D eigenvalue weighted by molar-refractivity contribution is 0.122. The van der Waals surface area contributed by atoms with E-state index in [1.807, 2.05) is 0 Å². The Morgan fingerprint density at radius 2 is 2.19 bits per heavy atom. The lowest BCUT2D eigenvalue weighted by Crippen LogP contribution is -2.36. The van der Waals surface area contributed by atoms with Crippen LogP contribution in [0, 0.1) is 0 Å². The summed E-state index contributed by atoms with van der Waals surface area (Å²) in [7, 11) is 0. The molecule has 0 bridgehead atoms. The largest absolute Gasteiger partial charge is 0.387 e. The number of anilines is 1. The van der Waals surface area contributed by atoms with E-state index in [0.29, 0.717) is 0 Å². The van der Waals surface area contributed by atoms with Crippen LogP contribution in [0.1, 0.15) is 29.5 Å². The molecule has 2 aliphatic rings. The zero-order chi connectivity index (χ0) is 11.0. The van der Waals surface area contributed by atoms with E-state index in [4.69, 9.17) is 4.74 Å². The van der Waals surface area contributed by atoms with Crippen molar-refractivity contribution in [1.82, 2.24) is 4.98 Å². The molecule has 1 N–H and O–H groups in total. The maximum Gasteiger partial charge on any atom is 0.186 e. The highest BCUT2D eigenvalue weighted by Crippen LogP contribution is 2.36. The molecule has 4 nitrogen and oxygen atoms in total. The van der Waals surface area contributed by atoms with Crippen LogP contribution in [-0.2, 0) is 11.2 Å². The first-order valence-corrected chi connectivity index (χ1v) is 6.66. The van der Waals surface area contributed by atoms with Gasteiger partial charge in [0.15, 0.2) is 5.13 Å². The van der Waals surface area contributed by atoms with Crippen LogP contribution in [0.25, 0.3) is 0 Å². The SMILES string of the molecule is OC1CCCc2sc(N3CCOCC3)nc21. The standard InChI is InChI=1S/C11H16N2O2S/c14-8-2-1-3-9-10(8)12-11(16-9)13-4-6-15-7-5-13/h8,14H,1-7H2. The molecular weight excluding hydrogens is 224 g/mol. The molecule has 0 saturated carbocycles. The Morgan fingerprint density at radius 1 is 1.38 bits per heavy atom. The van der Waals surface area contributed by atoms with E-state index < -0.39 is 0 Å². The average Bonchev–Trinajstić information content (AvgIpc) is 2.76. The molecule has 0 aromatic carbocycles. The molecule has 1 aliphatic carbocycles. The molecule has 1 aliphatic heterocycles. The molecular formula is C11H16N2O2S. The lowest BCUT2D eigenvalue weighted by atomic mass is 10.0. The van der Waals surface area contributed by atoms with E-state index in [2.05, 4.69) is 9.88 Å². The predicted octanol–water partition coefficient (Wildman–Crippen LogP) is 1.35. The minimum absolute atomic E-state index is 0.338. The molecule has 3 rings (SSSR count). The molecule has 1 aromatic heterocycles. The first-order valence-electron chi connectivity index (χ1n) is 5.85. The van der Waals surface area contributed by atoms with E-state index in [-0.39, 0.29) is 6.10 Å². The number of hydrogen-bond donors (Lipinski definition) is 1. The number of rotatable bonds is 1. The van der Waals surface area contributed by atoms with E-state index >= 15 is 0 Å². The van der Waals surface area contributed by atoms with Crippen LogP contribution >= 0.6 is 11.3 Å². The molecule has 1 unspecified atom stereocenters. The Hall–Kier alpha value is -0.650. The zero-order valence-electron chi connectivity index (χ0n) is 9.19. The molecule has 1 saturated heterocycles. The fourth-order valence-corrected chi connectivity index (χ4v) is 3.48. The molecule has 16 heavy (non-hydrogen) atoms. The Kier molecular flexibility index (Phi) is 2.83. The third kappa shape index (κ3) is 1.83. The summed E-state index contributed by atoms with van der Waals surface area (Å²) in [5, 5.41) is 10.9. The van der Waals surface area contributed by atoms with Gasteiger partial charge in [0.25, 0.3) is 0 Å². The summed E-state index contributed by atoms with van der Waals surface area (Å²) in [6.07, 6.45) is 2.68. The van der Waals surface area contributed by atoms with Gasteiger partial charge in [0.2, 0.25) is 0 Å². The van der Waals surface area contributed by atoms with Gasteiger partial charge in [0.05, 0.1) is 25.0 Å². The lowest BCUT2D eigenvalue weighted by Gasteiger charge is -2.26. The first kappa shape index (κ1) is 10.5. The van der Waals surface area contributed by atoms with Gasteiger partial charge in [-0.05, 0) is 19.3 Å². The zero-order valence-corrected chi connectivity index (χ0v) is 10.0. The highest BCUT2D eigenvalue weighted by molar-refractivity contribution is 7.15. The fraction of sp³-hybridized carbons (Fsp3) is 0.727. The van der Waals surface area contributed by atoms with Gasteiger partial charge in [-0.25, -0.2) is 4.98 Å². The quantitative estimate of drug-likeness (QED) is 0.805. The number of hydrogen-bond acceptors (Lipinski definition) is 5. The predicted molar refractivity (Wildman–Crippen MR) is 63.0 cm³/mol. The molecule has 1 aromatic rings. The second kappa shape index (κ2) is 4.31. The Morgan fingerprint density at radius 3 is 2.94 bits per heavy atom. The summed E-state index contributed by atoms with van der Waals surface area (Å²) in [5.41, 5.74) is 0.928. The number of morpholine rings is 1. The highest BCUT2D eigenvalue weighted by Gasteiger charge is 2.25. The van der Waals surface area contributed by atoms with Crippen molar-refractivity contribution in [3.8, 4) is 0 Å². The molecule has 0 amide bonds. The van der Waals surface area contributed by atoms with E-state index in [1.54, 1.807) is 11.3 Å². The van der Waals surface area contributed by atoms with Crippen molar-refractivity contribution in [1.29, 1.82) is 0 Å². The van der Waals surface area contributed by atoms with Crippen LogP contribution in [0.15, 0.2) is 0 Å². The van der Waals surface area contributed by atoms with E-state index in [1.165, 1.54) is 4.88 Å². The molecule has 1 fully saturated rings. The van der Waals surface area contributed by atoms with Crippen molar-refractivity contribution in [3.63, 3.8) is 0 Å². The Bertz CT molecular complexity index is 374. The molecule has 1 atom stereocenters. The van der Waals surface area contributed by atoms with Gasteiger partial charge in [-0.3, -0.25) is 0 Å². The second-order valence-electron chi connectivity index (χ2n) is 4.31. The van der Waals surface area contributed by atoms with Gasteiger partial charge < -0.3 is 14.7 Å². The topological polar surface area (TPSA) is 45.6 Å². The number of aliphatic hydroxyl groups excluding tert-OH is 1. The van der Waals surface area contributed by atoms with Gasteiger partial charge in [0.1, 0.15) is 0 Å².